The molecule has 5 aromatic carbocycles. The van der Waals surface area contributed by atoms with Gasteiger partial charge in [-0.2, -0.15) is 0 Å². The number of esters is 3. The van der Waals surface area contributed by atoms with Gasteiger partial charge in [0.1, 0.15) is 73.7 Å². The van der Waals surface area contributed by atoms with Crippen LogP contribution in [-0.2, 0) is 69.1 Å². The average Bonchev–Trinajstić information content (AvgIpc) is 1.65. The Balaban J connectivity index is 0.000000294. The van der Waals surface area contributed by atoms with Gasteiger partial charge in [-0.15, -0.1) is 0 Å². The van der Waals surface area contributed by atoms with Crippen LogP contribution in [0.3, 0.4) is 0 Å². The summed E-state index contributed by atoms with van der Waals surface area (Å²) in [6.45, 7) is 10.2. The Morgan fingerprint density at radius 1 is 0.470 bits per heavy atom. The van der Waals surface area contributed by atoms with Crippen molar-refractivity contribution in [1.82, 2.24) is 0 Å². The smallest absolute Gasteiger partial charge is 0.306 e. The van der Waals surface area contributed by atoms with Crippen molar-refractivity contribution in [3.63, 3.8) is 0 Å². The number of aliphatic hydroxyl groups excluding tert-OH is 4. The minimum Gasteiger partial charge on any atom is -0.491 e. The second-order valence-corrected chi connectivity index (χ2v) is 40.5. The average molecular weight is 2120 g/mol. The number of para-hydroxylation sites is 3. The van der Waals surface area contributed by atoms with Crippen LogP contribution in [0.25, 0.3) is 0 Å². The molecule has 746 valence electrons. The predicted molar refractivity (Wildman–Crippen MR) is 560 cm³/mol. The normalized spacial score (nSPS) is 29.2. The molecule has 0 bridgehead atoms. The zero-order valence-electron chi connectivity index (χ0n) is 75.6. The maximum absolute atomic E-state index is 12.2. The van der Waals surface area contributed by atoms with Crippen molar-refractivity contribution in [2.45, 2.75) is 272 Å². The number of hydrogen-bond acceptors (Lipinski definition) is 19. The van der Waals surface area contributed by atoms with Crippen LogP contribution in [0.2, 0.25) is 0 Å². The summed E-state index contributed by atoms with van der Waals surface area (Å²) in [5.74, 6) is 6.53. The van der Waals surface area contributed by atoms with Crippen LogP contribution in [0.4, 0.5) is 0 Å². The van der Waals surface area contributed by atoms with Crippen LogP contribution in [0.15, 0.2) is 225 Å². The number of unbranched alkanes of at least 4 members (excludes halogenated alkanes) is 1. The third-order valence-electron chi connectivity index (χ3n) is 26.7. The molecule has 5 aliphatic carbocycles. The fourth-order valence-corrected chi connectivity index (χ4v) is 23.6. The minimum atomic E-state index is -0.760. The summed E-state index contributed by atoms with van der Waals surface area (Å²) < 4.78 is 62.8. The third-order valence-corrected chi connectivity index (χ3v) is 30.1. The van der Waals surface area contributed by atoms with Crippen molar-refractivity contribution >= 4 is 93.6 Å². The molecule has 0 spiro atoms. The van der Waals surface area contributed by atoms with E-state index < -0.39 is 24.5 Å². The molecule has 29 heteroatoms. The summed E-state index contributed by atoms with van der Waals surface area (Å²) in [6, 6.07) is 50.0. The monoisotopic (exact) mass is 2120 g/mol. The van der Waals surface area contributed by atoms with Crippen LogP contribution in [0.5, 0.6) is 17.2 Å². The molecule has 34 atom stereocenters. The maximum Gasteiger partial charge on any atom is 0.306 e. The number of aryl methyl sites for hydroxylation is 2. The number of rotatable bonds is 40. The van der Waals surface area contributed by atoms with E-state index in [0.717, 1.165) is 114 Å². The number of carboxylic acid groups (broad SMARTS) is 1. The molecule has 5 N–H and O–H groups in total. The van der Waals surface area contributed by atoms with Gasteiger partial charge in [0.25, 0.3) is 0 Å². The molecule has 134 heavy (non-hydrogen) atoms. The summed E-state index contributed by atoms with van der Waals surface area (Å²) in [6.07, 6.45) is 41.7. The Morgan fingerprint density at radius 3 is 1.48 bits per heavy atom. The van der Waals surface area contributed by atoms with Gasteiger partial charge in [-0.05, 0) is 209 Å². The minimum absolute atomic E-state index is 0. The van der Waals surface area contributed by atoms with Crippen LogP contribution in [0, 0.1) is 132 Å². The topological polar surface area (TPSA) is 271 Å². The number of benzene rings is 5. The number of carbonyl (C=O) groups is 4. The first-order chi connectivity index (χ1) is 62.6. The molecule has 14 rings (SSSR count). The van der Waals surface area contributed by atoms with E-state index in [2.05, 4.69) is 179 Å². The molecule has 20 nitrogen and oxygen atoms in total. The van der Waals surface area contributed by atoms with Crippen molar-refractivity contribution < 1.29 is 145 Å². The van der Waals surface area contributed by atoms with E-state index in [0.29, 0.717) is 156 Å². The van der Waals surface area contributed by atoms with Crippen LogP contribution in [0.1, 0.15) is 197 Å². The maximum atomic E-state index is 12.2. The zero-order chi connectivity index (χ0) is 91.7. The third kappa shape index (κ3) is 41.4. The SMILES string of the molecule is C.C.C.C.C[C@@H]1C[C@@H]2OC(=O)CCC/C=C\C[C@@H]2[C@H]1CC[C@H](CCc1ccccc1)OPP.C[C@@H]1C[C@@H]2OC(=O)C[C@@H]2[C@H]1/C=C/[C@H](COc1ccccc1)OPP.C[C@@H]1C[C@@H]2OC(O)C[C@@H]2[C@H]1/C=C/[C@H](COc1ccccc1)OPP.C[C@@H]1C[C@H](O)[C@H](CC=CCCCC(=O)O)[C@H]1/C=C/[C@H](CCc1ccccc1)OPP.O=C1C[C@@H]2[C@@H](/C=C/[C@@H](O)COc3ccccc3)[C@H](O)C[C@@H]2O1.[Xe]. The molecule has 0 amide bonds. The number of carboxylic acids is 1. The fraction of sp³-hybridized carbons (Fsp3) is 0.562. The molecular formula is C105H158O20P8Xe. The summed E-state index contributed by atoms with van der Waals surface area (Å²) in [4.78, 5) is 45.6. The molecule has 4 heterocycles. The van der Waals surface area contributed by atoms with Gasteiger partial charge >= 0.3 is 23.9 Å². The second kappa shape index (κ2) is 67.1. The van der Waals surface area contributed by atoms with Crippen molar-refractivity contribution in [3.05, 3.63) is 236 Å². The Labute approximate surface area is 858 Å². The van der Waals surface area contributed by atoms with Gasteiger partial charge < -0.3 is 76.8 Å². The first kappa shape index (κ1) is 121. The Morgan fingerprint density at radius 2 is 0.925 bits per heavy atom. The van der Waals surface area contributed by atoms with E-state index in [-0.39, 0.29) is 176 Å². The first-order valence-corrected chi connectivity index (χ1v) is 57.3. The number of ether oxygens (including phenoxy) is 7. The molecule has 5 saturated carbocycles. The van der Waals surface area contributed by atoms with E-state index in [1.807, 2.05) is 97.1 Å². The van der Waals surface area contributed by atoms with E-state index in [1.54, 1.807) is 12.2 Å². The Bertz CT molecular complexity index is 4230. The summed E-state index contributed by atoms with van der Waals surface area (Å²) in [5, 5.41) is 49.0. The molecule has 9 unspecified atom stereocenters. The Hall–Kier alpha value is -3.53. The standard InChI is InChI=1S/C24H36O4P2.C24H36O3P2.C18H26O4P2.C18H24O4P2.C17H20O5.4CH4.Xe/c1-18-17-23(25)22(11-7-2-3-8-12-24(26)27)21(18)16-15-20(28-30-29)14-13-19-9-5-4-6-10-19;1-18-17-23-22(11-7-2-3-8-12-24(25)26-23)21(18)16-15-20(27-29-28)14-13-19-9-5-4-6-10-19;2*1-12-9-17-16(10-18(19)21-17)15(12)8-7-14(22-24-23)11-20-13-5-3-2-4-6-13;18-11(10-21-12-4-2-1-3-5-12)6-7-13-14-8-17(20)22-16(14)9-15(13)19;;;;;/h2,4-7,9-10,15-16,18,20-23,25,30H,3,8,11-14,17,29H2,1H3,(H,26,27);2,4-7,9-10,18,20-23,29H,3,8,11-17,28H2,1H3;2-8,12,14-19,24H,9-11,23H2,1H3;2-8,12,14-17,24H,9-11,23H2,1H3;1-7,11,13-16,18-19H,8-10H2;4*1H4;/b7-2?,16-15+;7-2-;2*8-7+;7-6+;;;;;/t2*18-,20+,21+,22-,23+;12-,14-,15+,16-,17+,18?;12-,14-,15+,16-,17+;11-,13-,14-,15-,16+;;;;;/m11111...../s1. The van der Waals surface area contributed by atoms with Gasteiger partial charge in [0.05, 0.1) is 43.4 Å². The van der Waals surface area contributed by atoms with Gasteiger partial charge in [0.2, 0.25) is 0 Å². The van der Waals surface area contributed by atoms with E-state index in [1.165, 1.54) is 11.1 Å². The van der Waals surface area contributed by atoms with Crippen molar-refractivity contribution in [3.8, 4) is 17.2 Å². The van der Waals surface area contributed by atoms with Gasteiger partial charge in [0, 0.05) is 132 Å². The molecule has 0 radical (unpaired) electrons. The van der Waals surface area contributed by atoms with Gasteiger partial charge in [-0.1, -0.05) is 281 Å². The van der Waals surface area contributed by atoms with E-state index >= 15 is 0 Å². The van der Waals surface area contributed by atoms with Crippen LogP contribution >= 0.6 is 69.7 Å². The van der Waals surface area contributed by atoms with Crippen molar-refractivity contribution in [1.29, 1.82) is 0 Å². The molecular weight excluding hydrogens is 1960 g/mol. The molecule has 8 fully saturated rings. The fourth-order valence-electron chi connectivity index (χ4n) is 20.0. The summed E-state index contributed by atoms with van der Waals surface area (Å²) in [5.41, 5.74) is 2.70. The number of fused-ring (bicyclic) bond motifs is 4. The molecule has 4 aliphatic heterocycles. The van der Waals surface area contributed by atoms with Gasteiger partial charge in [-0.3, -0.25) is 19.2 Å². The van der Waals surface area contributed by atoms with Crippen LogP contribution in [-0.4, -0.2) is 143 Å². The first-order valence-electron chi connectivity index (χ1n) is 46.4. The van der Waals surface area contributed by atoms with Gasteiger partial charge in [-0.25, -0.2) is 0 Å². The zero-order valence-corrected chi connectivity index (χ0v) is 86.2. The van der Waals surface area contributed by atoms with Crippen LogP contribution < -0.4 is 14.2 Å². The van der Waals surface area contributed by atoms with E-state index in [9.17, 15) is 39.6 Å². The number of hydrogen-bond donors (Lipinski definition) is 5. The van der Waals surface area contributed by atoms with Crippen molar-refractivity contribution in [2.75, 3.05) is 19.8 Å². The molecule has 3 saturated heterocycles. The summed E-state index contributed by atoms with van der Waals surface area (Å²) >= 11 is 0. The predicted octanol–water partition coefficient (Wildman–Crippen LogP) is 23.8. The van der Waals surface area contributed by atoms with E-state index in [4.69, 9.17) is 56.4 Å². The molecule has 0 aromatic heterocycles. The number of aliphatic hydroxyl groups is 4. The quantitative estimate of drug-likeness (QED) is 0.00801. The van der Waals surface area contributed by atoms with Crippen molar-refractivity contribution in [2.24, 2.45) is 82.9 Å². The molecule has 5 aromatic rings. The Kier molecular flexibility index (Phi) is 60.6. The second-order valence-electron chi connectivity index (χ2n) is 35.8. The molecule has 9 aliphatic rings. The number of aliphatic carboxylic acids is 1. The van der Waals surface area contributed by atoms with Gasteiger partial charge in [0.15, 0.2) is 6.29 Å². The number of allylic oxidation sites excluding steroid dienone is 7. The largest absolute Gasteiger partial charge is 0.491 e. The number of carbonyl (C=O) groups excluding carboxylic acids is 3. The summed E-state index contributed by atoms with van der Waals surface area (Å²) in [7, 11) is 12.1.